The second kappa shape index (κ2) is 5.18. The number of carbonyl (C=O) groups is 1. The molecule has 0 aliphatic heterocycles. The molecule has 0 spiro atoms. The molecule has 1 aromatic rings. The molecule has 0 radical (unpaired) electrons. The molecule has 0 aliphatic rings. The van der Waals surface area contributed by atoms with E-state index in [1.165, 1.54) is 4.88 Å². The SMILES string of the molecule is CC(C)CC(C=O)Cc1cccs1. The molecule has 0 fully saturated rings. The smallest absolute Gasteiger partial charge is 0.123 e. The van der Waals surface area contributed by atoms with Crippen molar-refractivity contribution in [2.45, 2.75) is 26.7 Å². The summed E-state index contributed by atoms with van der Waals surface area (Å²) in [5, 5.41) is 2.06. The van der Waals surface area contributed by atoms with E-state index in [2.05, 4.69) is 25.3 Å². The highest BCUT2D eigenvalue weighted by molar-refractivity contribution is 7.09. The van der Waals surface area contributed by atoms with Gasteiger partial charge in [0.1, 0.15) is 6.29 Å². The van der Waals surface area contributed by atoms with Crippen molar-refractivity contribution in [3.63, 3.8) is 0 Å². The Hall–Kier alpha value is -0.630. The molecule has 0 aromatic carbocycles. The summed E-state index contributed by atoms with van der Waals surface area (Å²) in [4.78, 5) is 12.1. The van der Waals surface area contributed by atoms with Crippen molar-refractivity contribution in [2.24, 2.45) is 11.8 Å². The number of rotatable bonds is 5. The Bertz CT molecular complexity index is 239. The van der Waals surface area contributed by atoms with Crippen LogP contribution in [0.15, 0.2) is 17.5 Å². The summed E-state index contributed by atoms with van der Waals surface area (Å²) in [7, 11) is 0. The highest BCUT2D eigenvalue weighted by atomic mass is 32.1. The Kier molecular flexibility index (Phi) is 4.16. The molecule has 0 N–H and O–H groups in total. The molecule has 13 heavy (non-hydrogen) atoms. The molecule has 1 nitrogen and oxygen atoms in total. The normalized spacial score (nSPS) is 13.2. The van der Waals surface area contributed by atoms with Gasteiger partial charge in [0.2, 0.25) is 0 Å². The van der Waals surface area contributed by atoms with Crippen LogP contribution in [0, 0.1) is 11.8 Å². The molecule has 0 saturated heterocycles. The quantitative estimate of drug-likeness (QED) is 0.661. The van der Waals surface area contributed by atoms with E-state index in [9.17, 15) is 4.79 Å². The maximum absolute atomic E-state index is 10.8. The molecule has 1 rings (SSSR count). The van der Waals surface area contributed by atoms with Crippen LogP contribution in [0.2, 0.25) is 0 Å². The predicted octanol–water partition coefficient (Wildman–Crippen LogP) is 3.15. The van der Waals surface area contributed by atoms with Gasteiger partial charge in [0.15, 0.2) is 0 Å². The van der Waals surface area contributed by atoms with Crippen LogP contribution in [-0.2, 0) is 11.2 Å². The van der Waals surface area contributed by atoms with Crippen molar-refractivity contribution in [3.8, 4) is 0 Å². The first kappa shape index (κ1) is 10.5. The third kappa shape index (κ3) is 3.73. The van der Waals surface area contributed by atoms with Gasteiger partial charge in [-0.15, -0.1) is 11.3 Å². The van der Waals surface area contributed by atoms with Gasteiger partial charge in [0, 0.05) is 10.8 Å². The van der Waals surface area contributed by atoms with Crippen molar-refractivity contribution in [1.29, 1.82) is 0 Å². The predicted molar refractivity (Wildman–Crippen MR) is 57.0 cm³/mol. The zero-order chi connectivity index (χ0) is 9.68. The van der Waals surface area contributed by atoms with E-state index < -0.39 is 0 Å². The van der Waals surface area contributed by atoms with E-state index in [0.717, 1.165) is 19.1 Å². The summed E-state index contributed by atoms with van der Waals surface area (Å²) >= 11 is 1.73. The zero-order valence-corrected chi connectivity index (χ0v) is 9.01. The standard InChI is InChI=1S/C11H16OS/c1-9(2)6-10(8-12)7-11-4-3-5-13-11/h3-5,8-10H,6-7H2,1-2H3. The average Bonchev–Trinajstić information content (AvgIpc) is 2.55. The maximum atomic E-state index is 10.8. The van der Waals surface area contributed by atoms with Crippen LogP contribution in [0.4, 0.5) is 0 Å². The highest BCUT2D eigenvalue weighted by Crippen LogP contribution is 2.18. The van der Waals surface area contributed by atoms with Gasteiger partial charge in [-0.05, 0) is 30.2 Å². The van der Waals surface area contributed by atoms with Gasteiger partial charge in [-0.25, -0.2) is 0 Å². The number of aldehydes is 1. The monoisotopic (exact) mass is 196 g/mol. The molecule has 0 amide bonds. The minimum Gasteiger partial charge on any atom is -0.303 e. The van der Waals surface area contributed by atoms with Gasteiger partial charge in [-0.2, -0.15) is 0 Å². The molecule has 0 aliphatic carbocycles. The third-order valence-corrected chi connectivity index (χ3v) is 2.91. The fraction of sp³-hybridized carbons (Fsp3) is 0.545. The molecule has 1 heterocycles. The van der Waals surface area contributed by atoms with Crippen LogP contribution in [0.1, 0.15) is 25.1 Å². The number of carbonyl (C=O) groups excluding carboxylic acids is 1. The Labute approximate surface area is 83.8 Å². The lowest BCUT2D eigenvalue weighted by molar-refractivity contribution is -0.111. The minimum absolute atomic E-state index is 0.207. The fourth-order valence-corrected chi connectivity index (χ4v) is 2.28. The Morgan fingerprint density at radius 3 is 2.77 bits per heavy atom. The molecule has 0 bridgehead atoms. The average molecular weight is 196 g/mol. The highest BCUT2D eigenvalue weighted by Gasteiger charge is 2.10. The van der Waals surface area contributed by atoms with E-state index >= 15 is 0 Å². The molecule has 1 aromatic heterocycles. The van der Waals surface area contributed by atoms with E-state index in [0.29, 0.717) is 5.92 Å². The van der Waals surface area contributed by atoms with Gasteiger partial charge < -0.3 is 4.79 Å². The van der Waals surface area contributed by atoms with Crippen LogP contribution in [0.3, 0.4) is 0 Å². The van der Waals surface area contributed by atoms with Crippen LogP contribution in [0.5, 0.6) is 0 Å². The van der Waals surface area contributed by atoms with Crippen LogP contribution < -0.4 is 0 Å². The van der Waals surface area contributed by atoms with Crippen molar-refractivity contribution in [1.82, 2.24) is 0 Å². The molecule has 1 atom stereocenters. The molecular weight excluding hydrogens is 180 g/mol. The first-order chi connectivity index (χ1) is 6.22. The molecule has 1 unspecified atom stereocenters. The van der Waals surface area contributed by atoms with Crippen molar-refractivity contribution in [3.05, 3.63) is 22.4 Å². The molecule has 2 heteroatoms. The van der Waals surface area contributed by atoms with Gasteiger partial charge in [-0.1, -0.05) is 19.9 Å². The summed E-state index contributed by atoms with van der Waals surface area (Å²) < 4.78 is 0. The number of hydrogen-bond donors (Lipinski definition) is 0. The van der Waals surface area contributed by atoms with Crippen LogP contribution >= 0.6 is 11.3 Å². The topological polar surface area (TPSA) is 17.1 Å². The van der Waals surface area contributed by atoms with Crippen molar-refractivity contribution < 1.29 is 4.79 Å². The van der Waals surface area contributed by atoms with E-state index in [1.54, 1.807) is 11.3 Å². The molecular formula is C11H16OS. The largest absolute Gasteiger partial charge is 0.303 e. The lowest BCUT2D eigenvalue weighted by Gasteiger charge is -2.10. The Morgan fingerprint density at radius 1 is 1.54 bits per heavy atom. The Balaban J connectivity index is 2.45. The van der Waals surface area contributed by atoms with E-state index in [4.69, 9.17) is 0 Å². The van der Waals surface area contributed by atoms with Gasteiger partial charge >= 0.3 is 0 Å². The molecule has 72 valence electrons. The number of thiophene rings is 1. The van der Waals surface area contributed by atoms with E-state index in [-0.39, 0.29) is 5.92 Å². The second-order valence-corrected chi connectivity index (χ2v) is 4.84. The Morgan fingerprint density at radius 2 is 2.31 bits per heavy atom. The summed E-state index contributed by atoms with van der Waals surface area (Å²) in [6.07, 6.45) is 3.01. The summed E-state index contributed by atoms with van der Waals surface area (Å²) in [5.74, 6) is 0.814. The van der Waals surface area contributed by atoms with Crippen LogP contribution in [0.25, 0.3) is 0 Å². The second-order valence-electron chi connectivity index (χ2n) is 3.81. The first-order valence-corrected chi connectivity index (χ1v) is 5.58. The maximum Gasteiger partial charge on any atom is 0.123 e. The van der Waals surface area contributed by atoms with Gasteiger partial charge in [-0.3, -0.25) is 0 Å². The zero-order valence-electron chi connectivity index (χ0n) is 8.19. The lowest BCUT2D eigenvalue weighted by atomic mass is 9.95. The minimum atomic E-state index is 0.207. The van der Waals surface area contributed by atoms with Crippen LogP contribution in [-0.4, -0.2) is 6.29 Å². The first-order valence-electron chi connectivity index (χ1n) is 4.70. The van der Waals surface area contributed by atoms with Gasteiger partial charge in [0.05, 0.1) is 0 Å². The number of hydrogen-bond acceptors (Lipinski definition) is 2. The van der Waals surface area contributed by atoms with Crippen molar-refractivity contribution >= 4 is 17.6 Å². The van der Waals surface area contributed by atoms with Crippen molar-refractivity contribution in [2.75, 3.05) is 0 Å². The summed E-state index contributed by atoms with van der Waals surface area (Å²) in [5.41, 5.74) is 0. The fourth-order valence-electron chi connectivity index (χ4n) is 1.48. The van der Waals surface area contributed by atoms with Gasteiger partial charge in [0.25, 0.3) is 0 Å². The van der Waals surface area contributed by atoms with E-state index in [1.807, 2.05) is 6.07 Å². The summed E-state index contributed by atoms with van der Waals surface area (Å²) in [6, 6.07) is 4.14. The molecule has 0 saturated carbocycles. The lowest BCUT2D eigenvalue weighted by Crippen LogP contribution is -2.08. The third-order valence-electron chi connectivity index (χ3n) is 2.01. The summed E-state index contributed by atoms with van der Waals surface area (Å²) in [6.45, 7) is 4.32.